The Morgan fingerprint density at radius 2 is 2.50 bits per heavy atom. The normalized spacial score (nSPS) is 16.2. The number of thioether (sulfide) groups is 1. The number of esters is 1. The van der Waals surface area contributed by atoms with E-state index in [1.807, 2.05) is 13.8 Å². The molecular weight excluding hydrogens is 200 g/mol. The highest BCUT2D eigenvalue weighted by Gasteiger charge is 2.12. The van der Waals surface area contributed by atoms with Gasteiger partial charge in [0, 0.05) is 12.0 Å². The number of amidine groups is 1. The Morgan fingerprint density at radius 3 is 3.00 bits per heavy atom. The van der Waals surface area contributed by atoms with Crippen LogP contribution in [0.2, 0.25) is 0 Å². The number of nitrogens with zero attached hydrogens (tertiary/aromatic N) is 1. The molecule has 1 aliphatic heterocycles. The van der Waals surface area contributed by atoms with Crippen molar-refractivity contribution in [3.8, 4) is 0 Å². The number of nitrogens with two attached hydrogens (primary N) is 1. The fraction of sp³-hybridized carbons (Fsp3) is 0.556. The predicted molar refractivity (Wildman–Crippen MR) is 58.0 cm³/mol. The van der Waals surface area contributed by atoms with Crippen molar-refractivity contribution in [2.45, 2.75) is 26.4 Å². The van der Waals surface area contributed by atoms with Gasteiger partial charge in [0.05, 0.1) is 12.5 Å². The summed E-state index contributed by atoms with van der Waals surface area (Å²) in [5.74, 6) is 0.519. The molecule has 0 spiro atoms. The van der Waals surface area contributed by atoms with Crippen molar-refractivity contribution in [1.82, 2.24) is 0 Å². The minimum absolute atomic E-state index is 0.0621. The SMILES string of the molecule is CC(C)OC(=O)CC1=CN=C(N)SC1. The van der Waals surface area contributed by atoms with Crippen LogP contribution in [0, 0.1) is 0 Å². The fourth-order valence-corrected chi connectivity index (χ4v) is 1.62. The molecule has 0 amide bonds. The smallest absolute Gasteiger partial charge is 0.310 e. The highest BCUT2D eigenvalue weighted by atomic mass is 32.2. The third-order valence-corrected chi connectivity index (χ3v) is 2.43. The van der Waals surface area contributed by atoms with Crippen LogP contribution in [0.4, 0.5) is 0 Å². The topological polar surface area (TPSA) is 64.7 Å². The molecule has 0 radical (unpaired) electrons. The molecule has 4 nitrogen and oxygen atoms in total. The number of aliphatic imine (C=N–C) groups is 1. The van der Waals surface area contributed by atoms with Crippen LogP contribution in [0.1, 0.15) is 20.3 Å². The molecule has 14 heavy (non-hydrogen) atoms. The van der Waals surface area contributed by atoms with Crippen LogP contribution in [0.3, 0.4) is 0 Å². The quantitative estimate of drug-likeness (QED) is 0.719. The molecule has 1 aliphatic rings. The zero-order valence-corrected chi connectivity index (χ0v) is 9.13. The van der Waals surface area contributed by atoms with Crippen LogP contribution < -0.4 is 5.73 Å². The molecule has 0 saturated carbocycles. The third kappa shape index (κ3) is 3.83. The van der Waals surface area contributed by atoms with Crippen molar-refractivity contribution in [2.24, 2.45) is 10.7 Å². The highest BCUT2D eigenvalue weighted by molar-refractivity contribution is 8.14. The standard InChI is InChI=1S/C9H14N2O2S/c1-6(2)13-8(12)3-7-4-11-9(10)14-5-7/h4,6H,3,5H2,1-2H3,(H2,10,11). The average molecular weight is 214 g/mol. The van der Waals surface area contributed by atoms with E-state index >= 15 is 0 Å². The first-order valence-electron chi connectivity index (χ1n) is 4.41. The van der Waals surface area contributed by atoms with Gasteiger partial charge in [-0.25, -0.2) is 4.99 Å². The number of hydrogen-bond donors (Lipinski definition) is 1. The van der Waals surface area contributed by atoms with Gasteiger partial charge in [-0.05, 0) is 19.4 Å². The van der Waals surface area contributed by atoms with Gasteiger partial charge in [0.2, 0.25) is 0 Å². The second-order valence-electron chi connectivity index (χ2n) is 3.26. The number of ether oxygens (including phenoxy) is 1. The van der Waals surface area contributed by atoms with Gasteiger partial charge in [-0.2, -0.15) is 0 Å². The third-order valence-electron chi connectivity index (χ3n) is 1.52. The van der Waals surface area contributed by atoms with Crippen molar-refractivity contribution in [3.63, 3.8) is 0 Å². The minimum atomic E-state index is -0.206. The first-order valence-corrected chi connectivity index (χ1v) is 5.40. The van der Waals surface area contributed by atoms with Crippen molar-refractivity contribution >= 4 is 22.9 Å². The Hall–Kier alpha value is -0.970. The highest BCUT2D eigenvalue weighted by Crippen LogP contribution is 2.17. The van der Waals surface area contributed by atoms with Gasteiger partial charge >= 0.3 is 5.97 Å². The van der Waals surface area contributed by atoms with Crippen LogP contribution in [0.5, 0.6) is 0 Å². The second kappa shape index (κ2) is 5.05. The molecule has 0 saturated heterocycles. The largest absolute Gasteiger partial charge is 0.463 e. The van der Waals surface area contributed by atoms with Crippen LogP contribution in [0.25, 0.3) is 0 Å². The summed E-state index contributed by atoms with van der Waals surface area (Å²) in [7, 11) is 0. The summed E-state index contributed by atoms with van der Waals surface area (Å²) in [6.45, 7) is 3.66. The number of rotatable bonds is 3. The Morgan fingerprint density at radius 1 is 1.79 bits per heavy atom. The zero-order chi connectivity index (χ0) is 10.6. The summed E-state index contributed by atoms with van der Waals surface area (Å²) in [6.07, 6.45) is 1.89. The summed E-state index contributed by atoms with van der Waals surface area (Å²) in [5.41, 5.74) is 6.41. The maximum Gasteiger partial charge on any atom is 0.310 e. The fourth-order valence-electron chi connectivity index (χ4n) is 0.983. The first kappa shape index (κ1) is 11.1. The van der Waals surface area contributed by atoms with E-state index in [9.17, 15) is 4.79 Å². The van der Waals surface area contributed by atoms with Gasteiger partial charge in [-0.3, -0.25) is 4.79 Å². The van der Waals surface area contributed by atoms with Crippen LogP contribution in [-0.4, -0.2) is 23.0 Å². The lowest BCUT2D eigenvalue weighted by Crippen LogP contribution is -2.15. The molecule has 5 heteroatoms. The number of carbonyl (C=O) groups excluding carboxylic acids is 1. The predicted octanol–water partition coefficient (Wildman–Crippen LogP) is 1.27. The lowest BCUT2D eigenvalue weighted by atomic mass is 10.2. The molecule has 0 aromatic heterocycles. The summed E-state index contributed by atoms with van der Waals surface area (Å²) in [4.78, 5) is 15.2. The van der Waals surface area contributed by atoms with Gasteiger partial charge in [0.15, 0.2) is 5.17 Å². The maximum atomic E-state index is 11.3. The van der Waals surface area contributed by atoms with E-state index in [1.165, 1.54) is 11.8 Å². The molecule has 0 aromatic rings. The molecule has 0 aliphatic carbocycles. The van der Waals surface area contributed by atoms with E-state index in [0.29, 0.717) is 11.6 Å². The van der Waals surface area contributed by atoms with E-state index in [4.69, 9.17) is 10.5 Å². The van der Waals surface area contributed by atoms with E-state index < -0.39 is 0 Å². The molecular formula is C9H14N2O2S. The molecule has 2 N–H and O–H groups in total. The van der Waals surface area contributed by atoms with Crippen molar-refractivity contribution < 1.29 is 9.53 Å². The van der Waals surface area contributed by atoms with Crippen molar-refractivity contribution in [1.29, 1.82) is 0 Å². The Balaban J connectivity index is 2.41. The maximum absolute atomic E-state index is 11.3. The first-order chi connectivity index (χ1) is 6.58. The summed E-state index contributed by atoms with van der Waals surface area (Å²) in [5, 5.41) is 0.547. The Kier molecular flexibility index (Phi) is 4.00. The molecule has 0 aromatic carbocycles. The summed E-state index contributed by atoms with van der Waals surface area (Å²) >= 11 is 1.44. The minimum Gasteiger partial charge on any atom is -0.463 e. The van der Waals surface area contributed by atoms with E-state index in [0.717, 1.165) is 11.3 Å². The van der Waals surface area contributed by atoms with Crippen LogP contribution in [0.15, 0.2) is 16.8 Å². The molecule has 1 heterocycles. The lowest BCUT2D eigenvalue weighted by Gasteiger charge is -2.11. The number of hydrogen-bond acceptors (Lipinski definition) is 5. The van der Waals surface area contributed by atoms with Gasteiger partial charge in [0.1, 0.15) is 0 Å². The molecule has 0 atom stereocenters. The molecule has 0 bridgehead atoms. The second-order valence-corrected chi connectivity index (χ2v) is 4.25. The van der Waals surface area contributed by atoms with E-state index in [1.54, 1.807) is 6.20 Å². The van der Waals surface area contributed by atoms with Crippen LogP contribution in [-0.2, 0) is 9.53 Å². The number of carbonyl (C=O) groups is 1. The zero-order valence-electron chi connectivity index (χ0n) is 8.32. The van der Waals surface area contributed by atoms with Crippen LogP contribution >= 0.6 is 11.8 Å². The lowest BCUT2D eigenvalue weighted by molar-refractivity contribution is -0.146. The van der Waals surface area contributed by atoms with Gasteiger partial charge in [-0.1, -0.05) is 11.8 Å². The Bertz CT molecular complexity index is 285. The monoisotopic (exact) mass is 214 g/mol. The molecule has 78 valence electrons. The average Bonchev–Trinajstić information content (AvgIpc) is 2.07. The van der Waals surface area contributed by atoms with E-state index in [2.05, 4.69) is 4.99 Å². The van der Waals surface area contributed by atoms with Gasteiger partial charge in [0.25, 0.3) is 0 Å². The summed E-state index contributed by atoms with van der Waals surface area (Å²) in [6, 6.07) is 0. The molecule has 0 unspecified atom stereocenters. The van der Waals surface area contributed by atoms with Crippen molar-refractivity contribution in [3.05, 3.63) is 11.8 Å². The molecule has 0 fully saturated rings. The van der Waals surface area contributed by atoms with Gasteiger partial charge < -0.3 is 10.5 Å². The van der Waals surface area contributed by atoms with Crippen molar-refractivity contribution in [2.75, 3.05) is 5.75 Å². The van der Waals surface area contributed by atoms with E-state index in [-0.39, 0.29) is 12.1 Å². The molecule has 1 rings (SSSR count). The summed E-state index contributed by atoms with van der Waals surface area (Å²) < 4.78 is 5.01. The van der Waals surface area contributed by atoms with Gasteiger partial charge in [-0.15, -0.1) is 0 Å². The Labute approximate surface area is 87.6 Å².